The second-order valence-electron chi connectivity index (χ2n) is 6.66. The van der Waals surface area contributed by atoms with E-state index >= 15 is 0 Å². The molecule has 3 aromatic rings. The predicted octanol–water partition coefficient (Wildman–Crippen LogP) is 3.65. The van der Waals surface area contributed by atoms with Crippen molar-refractivity contribution in [3.05, 3.63) is 58.6 Å². The lowest BCUT2D eigenvalue weighted by atomic mass is 10.0. The highest BCUT2D eigenvalue weighted by Crippen LogP contribution is 2.24. The molecule has 0 saturated carbocycles. The Morgan fingerprint density at radius 1 is 1.22 bits per heavy atom. The number of H-pyrrole nitrogens is 1. The number of fused-ring (bicyclic) bond motifs is 1. The number of aromatic nitrogens is 3. The van der Waals surface area contributed by atoms with Gasteiger partial charge >= 0.3 is 5.97 Å². The average Bonchev–Trinajstić information content (AvgIpc) is 3.07. The second-order valence-corrected chi connectivity index (χ2v) is 6.66. The minimum absolute atomic E-state index is 0.222. The van der Waals surface area contributed by atoms with Crippen LogP contribution in [0.1, 0.15) is 39.9 Å². The quantitative estimate of drug-likeness (QED) is 0.425. The largest absolute Gasteiger partial charge is 0.451 e. The molecule has 140 valence electrons. The number of aromatic amines is 1. The number of Topliss-reactive ketones (excluding diaryl/α,β-unsaturated/α-hetero) is 1. The number of benzene rings is 1. The topological polar surface area (TPSA) is 77.0 Å². The summed E-state index contributed by atoms with van der Waals surface area (Å²) in [4.78, 5) is 28.2. The van der Waals surface area contributed by atoms with Crippen LogP contribution in [-0.2, 0) is 16.6 Å². The Bertz CT molecular complexity index is 1060. The molecule has 0 saturated heterocycles. The minimum atomic E-state index is -0.879. The van der Waals surface area contributed by atoms with Crippen LogP contribution in [-0.4, -0.2) is 32.6 Å². The Morgan fingerprint density at radius 3 is 2.59 bits per heavy atom. The SMILES string of the molecule is Cc1nn(C)c(C)c1/C=C/C(=O)O[C@H](C)C(=O)c1c(C)[nH]c2ccccc12. The van der Waals surface area contributed by atoms with Gasteiger partial charge in [0.15, 0.2) is 6.10 Å². The average molecular weight is 365 g/mol. The molecule has 6 heteroatoms. The van der Waals surface area contributed by atoms with Gasteiger partial charge in [-0.3, -0.25) is 9.48 Å². The molecule has 27 heavy (non-hydrogen) atoms. The van der Waals surface area contributed by atoms with E-state index in [4.69, 9.17) is 4.74 Å². The van der Waals surface area contributed by atoms with Crippen molar-refractivity contribution in [3.8, 4) is 0 Å². The fraction of sp³-hybridized carbons (Fsp3) is 0.286. The molecule has 2 heterocycles. The molecule has 0 fully saturated rings. The first kappa shape index (κ1) is 18.6. The number of aryl methyl sites for hydroxylation is 3. The van der Waals surface area contributed by atoms with Crippen molar-refractivity contribution in [1.82, 2.24) is 14.8 Å². The van der Waals surface area contributed by atoms with Crippen LogP contribution in [0.2, 0.25) is 0 Å². The van der Waals surface area contributed by atoms with E-state index in [2.05, 4.69) is 10.1 Å². The van der Waals surface area contributed by atoms with Gasteiger partial charge in [0.1, 0.15) is 0 Å². The predicted molar refractivity (Wildman–Crippen MR) is 105 cm³/mol. The summed E-state index contributed by atoms with van der Waals surface area (Å²) in [5.74, 6) is -0.781. The zero-order valence-corrected chi connectivity index (χ0v) is 16.2. The minimum Gasteiger partial charge on any atom is -0.451 e. The number of nitrogens with one attached hydrogen (secondary N) is 1. The number of ether oxygens (including phenoxy) is 1. The first-order valence-electron chi connectivity index (χ1n) is 8.80. The summed E-state index contributed by atoms with van der Waals surface area (Å²) >= 11 is 0. The summed E-state index contributed by atoms with van der Waals surface area (Å²) in [6.45, 7) is 7.24. The number of hydrogen-bond acceptors (Lipinski definition) is 4. The number of ketones is 1. The number of carbonyl (C=O) groups excluding carboxylic acids is 2. The van der Waals surface area contributed by atoms with Crippen molar-refractivity contribution in [2.45, 2.75) is 33.8 Å². The van der Waals surface area contributed by atoms with Gasteiger partial charge in [0, 0.05) is 46.5 Å². The monoisotopic (exact) mass is 365 g/mol. The van der Waals surface area contributed by atoms with Gasteiger partial charge in [-0.05, 0) is 39.8 Å². The molecule has 0 unspecified atom stereocenters. The third-order valence-corrected chi connectivity index (χ3v) is 4.75. The summed E-state index contributed by atoms with van der Waals surface area (Å²) in [7, 11) is 1.85. The van der Waals surface area contributed by atoms with Crippen molar-refractivity contribution in [2.24, 2.45) is 7.05 Å². The summed E-state index contributed by atoms with van der Waals surface area (Å²) in [5.41, 5.74) is 4.88. The smallest absolute Gasteiger partial charge is 0.331 e. The van der Waals surface area contributed by atoms with Crippen LogP contribution < -0.4 is 0 Å². The number of rotatable bonds is 5. The van der Waals surface area contributed by atoms with Crippen LogP contribution in [0.25, 0.3) is 17.0 Å². The van der Waals surface area contributed by atoms with Crippen LogP contribution in [0.15, 0.2) is 30.3 Å². The summed E-state index contributed by atoms with van der Waals surface area (Å²) < 4.78 is 7.09. The molecule has 0 radical (unpaired) electrons. The zero-order chi connectivity index (χ0) is 19.7. The zero-order valence-electron chi connectivity index (χ0n) is 16.2. The van der Waals surface area contributed by atoms with Gasteiger partial charge in [-0.25, -0.2) is 4.79 Å². The third kappa shape index (κ3) is 3.56. The Labute approximate surface area is 157 Å². The molecule has 0 amide bonds. The normalized spacial score (nSPS) is 12.6. The molecule has 1 atom stereocenters. The van der Waals surface area contributed by atoms with Crippen molar-refractivity contribution in [3.63, 3.8) is 0 Å². The van der Waals surface area contributed by atoms with Crippen LogP contribution in [0, 0.1) is 20.8 Å². The molecule has 3 rings (SSSR count). The van der Waals surface area contributed by atoms with Gasteiger partial charge in [-0.2, -0.15) is 5.10 Å². The first-order valence-corrected chi connectivity index (χ1v) is 8.80. The number of nitrogens with zero attached hydrogens (tertiary/aromatic N) is 2. The standard InChI is InChI=1S/C21H23N3O3/c1-12-16(14(3)24(5)23-12)10-11-19(25)27-15(4)21(26)20-13(2)22-18-9-7-6-8-17(18)20/h6-11,15,22H,1-5H3/b11-10+/t15-/m1/s1. The fourth-order valence-electron chi connectivity index (χ4n) is 3.25. The molecule has 0 aliphatic heterocycles. The van der Waals surface area contributed by atoms with Crippen LogP contribution in [0.5, 0.6) is 0 Å². The molecule has 2 aromatic heterocycles. The van der Waals surface area contributed by atoms with Crippen LogP contribution >= 0.6 is 0 Å². The van der Waals surface area contributed by atoms with Crippen molar-refractivity contribution in [1.29, 1.82) is 0 Å². The molecule has 6 nitrogen and oxygen atoms in total. The van der Waals surface area contributed by atoms with Crippen molar-refractivity contribution >= 4 is 28.7 Å². The summed E-state index contributed by atoms with van der Waals surface area (Å²) in [5, 5.41) is 5.14. The Hall–Kier alpha value is -3.15. The van der Waals surface area contributed by atoms with Crippen LogP contribution in [0.3, 0.4) is 0 Å². The van der Waals surface area contributed by atoms with Gasteiger partial charge in [0.25, 0.3) is 0 Å². The van der Waals surface area contributed by atoms with Gasteiger partial charge in [0.2, 0.25) is 5.78 Å². The molecule has 0 spiro atoms. The lowest BCUT2D eigenvalue weighted by Gasteiger charge is -2.11. The molecule has 1 aromatic carbocycles. The first-order chi connectivity index (χ1) is 12.8. The molecule has 0 aliphatic carbocycles. The van der Waals surface area contributed by atoms with E-state index in [9.17, 15) is 9.59 Å². The lowest BCUT2D eigenvalue weighted by Crippen LogP contribution is -2.24. The highest BCUT2D eigenvalue weighted by Gasteiger charge is 2.23. The highest BCUT2D eigenvalue weighted by atomic mass is 16.5. The van der Waals surface area contributed by atoms with E-state index < -0.39 is 12.1 Å². The van der Waals surface area contributed by atoms with E-state index in [1.54, 1.807) is 17.7 Å². The summed E-state index contributed by atoms with van der Waals surface area (Å²) in [6.07, 6.45) is 2.13. The molecular weight excluding hydrogens is 342 g/mol. The lowest BCUT2D eigenvalue weighted by molar-refractivity contribution is -0.140. The molecular formula is C21H23N3O3. The summed E-state index contributed by atoms with van der Waals surface area (Å²) in [6, 6.07) is 7.58. The maximum Gasteiger partial charge on any atom is 0.331 e. The number of carbonyl (C=O) groups is 2. The maximum atomic E-state index is 12.8. The van der Waals surface area contributed by atoms with E-state index in [-0.39, 0.29) is 5.78 Å². The number of para-hydroxylation sites is 1. The maximum absolute atomic E-state index is 12.8. The fourth-order valence-corrected chi connectivity index (χ4v) is 3.25. The van der Waals surface area contributed by atoms with E-state index in [1.807, 2.05) is 52.1 Å². The highest BCUT2D eigenvalue weighted by molar-refractivity contribution is 6.11. The number of esters is 1. The number of hydrogen-bond donors (Lipinski definition) is 1. The second kappa shape index (κ2) is 7.23. The Balaban J connectivity index is 1.75. The van der Waals surface area contributed by atoms with Crippen LogP contribution in [0.4, 0.5) is 0 Å². The van der Waals surface area contributed by atoms with Gasteiger partial charge in [0.05, 0.1) is 5.69 Å². The van der Waals surface area contributed by atoms with E-state index in [1.165, 1.54) is 6.08 Å². The van der Waals surface area contributed by atoms with Crippen molar-refractivity contribution in [2.75, 3.05) is 0 Å². The molecule has 1 N–H and O–H groups in total. The van der Waals surface area contributed by atoms with Gasteiger partial charge in [-0.1, -0.05) is 18.2 Å². The van der Waals surface area contributed by atoms with Gasteiger partial charge < -0.3 is 9.72 Å². The van der Waals surface area contributed by atoms with Gasteiger partial charge in [-0.15, -0.1) is 0 Å². The third-order valence-electron chi connectivity index (χ3n) is 4.75. The van der Waals surface area contributed by atoms with E-state index in [0.29, 0.717) is 5.56 Å². The van der Waals surface area contributed by atoms with E-state index in [0.717, 1.165) is 33.5 Å². The Kier molecular flexibility index (Phi) is 4.99. The Morgan fingerprint density at radius 2 is 1.93 bits per heavy atom. The van der Waals surface area contributed by atoms with Crippen molar-refractivity contribution < 1.29 is 14.3 Å². The molecule has 0 bridgehead atoms. The molecule has 0 aliphatic rings.